The van der Waals surface area contributed by atoms with E-state index in [1.165, 1.54) is 16.5 Å². The van der Waals surface area contributed by atoms with Gasteiger partial charge in [-0.25, -0.2) is 0 Å². The van der Waals surface area contributed by atoms with E-state index in [0.717, 1.165) is 19.4 Å². The molecule has 18 heavy (non-hydrogen) atoms. The number of hydrogen-bond acceptors (Lipinski definition) is 2. The zero-order chi connectivity index (χ0) is 12.8. The lowest BCUT2D eigenvalue weighted by Gasteiger charge is -2.04. The minimum Gasteiger partial charge on any atom is -0.361 e. The monoisotopic (exact) mass is 245 g/mol. The highest BCUT2D eigenvalue weighted by molar-refractivity contribution is 5.83. The van der Waals surface area contributed by atoms with E-state index in [-0.39, 0.29) is 5.91 Å². The molecule has 3 N–H and O–H groups in total. The third kappa shape index (κ3) is 3.11. The van der Waals surface area contributed by atoms with E-state index in [9.17, 15) is 4.79 Å². The first-order chi connectivity index (χ1) is 8.81. The molecule has 0 spiro atoms. The summed E-state index contributed by atoms with van der Waals surface area (Å²) in [4.78, 5) is 14.5. The van der Waals surface area contributed by atoms with Gasteiger partial charge in [0.2, 0.25) is 5.91 Å². The van der Waals surface area contributed by atoms with Gasteiger partial charge in [-0.2, -0.15) is 0 Å². The Bertz CT molecular complexity index is 518. The quantitative estimate of drug-likeness (QED) is 0.674. The molecule has 1 heterocycles. The Hall–Kier alpha value is -1.81. The second-order valence-electron chi connectivity index (χ2n) is 4.34. The molecule has 0 unspecified atom stereocenters. The number of amides is 1. The summed E-state index contributed by atoms with van der Waals surface area (Å²) >= 11 is 0. The molecule has 1 aromatic carbocycles. The smallest absolute Gasteiger partial charge is 0.233 e. The third-order valence-corrected chi connectivity index (χ3v) is 2.96. The van der Waals surface area contributed by atoms with Gasteiger partial charge in [-0.05, 0) is 31.5 Å². The molecule has 0 bridgehead atoms. The fourth-order valence-corrected chi connectivity index (χ4v) is 2.07. The van der Waals surface area contributed by atoms with Gasteiger partial charge in [-0.3, -0.25) is 4.79 Å². The number of benzene rings is 1. The number of carbonyl (C=O) groups excluding carboxylic acids is 1. The fourth-order valence-electron chi connectivity index (χ4n) is 2.07. The molecular formula is C14H19N3O. The highest BCUT2D eigenvalue weighted by Gasteiger charge is 2.03. The summed E-state index contributed by atoms with van der Waals surface area (Å²) in [6, 6.07) is 8.28. The Morgan fingerprint density at radius 2 is 2.17 bits per heavy atom. The van der Waals surface area contributed by atoms with Gasteiger partial charge in [0, 0.05) is 23.6 Å². The lowest BCUT2D eigenvalue weighted by Crippen LogP contribution is -2.32. The second-order valence-corrected chi connectivity index (χ2v) is 4.34. The molecule has 2 aromatic rings. The number of aryl methyl sites for hydroxylation is 1. The van der Waals surface area contributed by atoms with Gasteiger partial charge in [-0.15, -0.1) is 0 Å². The summed E-state index contributed by atoms with van der Waals surface area (Å²) in [5, 5.41) is 6.99. The Morgan fingerprint density at radius 3 is 3.00 bits per heavy atom. The number of H-pyrrole nitrogens is 1. The molecule has 96 valence electrons. The number of aromatic amines is 1. The van der Waals surface area contributed by atoms with Crippen LogP contribution in [0.25, 0.3) is 10.9 Å². The highest BCUT2D eigenvalue weighted by Crippen LogP contribution is 2.18. The van der Waals surface area contributed by atoms with Crippen molar-refractivity contribution in [2.75, 3.05) is 20.1 Å². The minimum absolute atomic E-state index is 0.0522. The molecule has 0 saturated carbocycles. The molecule has 4 heteroatoms. The summed E-state index contributed by atoms with van der Waals surface area (Å²) in [5.41, 5.74) is 2.49. The zero-order valence-corrected chi connectivity index (χ0v) is 10.6. The van der Waals surface area contributed by atoms with E-state index in [2.05, 4.69) is 33.9 Å². The van der Waals surface area contributed by atoms with Crippen molar-refractivity contribution >= 4 is 16.8 Å². The number of fused-ring (bicyclic) bond motifs is 1. The lowest BCUT2D eigenvalue weighted by molar-refractivity contribution is -0.120. The number of carbonyl (C=O) groups is 1. The van der Waals surface area contributed by atoms with E-state index >= 15 is 0 Å². The Labute approximate surface area is 107 Å². The van der Waals surface area contributed by atoms with Crippen molar-refractivity contribution in [1.29, 1.82) is 0 Å². The molecule has 0 fully saturated rings. The summed E-state index contributed by atoms with van der Waals surface area (Å²) in [6.45, 7) is 1.10. The van der Waals surface area contributed by atoms with Crippen molar-refractivity contribution in [3.05, 3.63) is 36.0 Å². The molecule has 0 saturated heterocycles. The molecule has 0 aliphatic heterocycles. The van der Waals surface area contributed by atoms with Crippen LogP contribution in [-0.2, 0) is 11.2 Å². The molecule has 1 amide bonds. The minimum atomic E-state index is 0.0522. The van der Waals surface area contributed by atoms with Gasteiger partial charge in [0.1, 0.15) is 0 Å². The maximum atomic E-state index is 11.2. The standard InChI is InChI=1S/C14H19N3O/c1-15-10-14(18)16-8-4-5-11-9-17-13-7-3-2-6-12(11)13/h2-3,6-7,9,15,17H,4-5,8,10H2,1H3,(H,16,18). The SMILES string of the molecule is CNCC(=O)NCCCc1c[nH]c2ccccc12. The fraction of sp³-hybridized carbons (Fsp3) is 0.357. The van der Waals surface area contributed by atoms with Crippen LogP contribution in [0, 0.1) is 0 Å². The number of nitrogens with one attached hydrogen (secondary N) is 3. The first-order valence-electron chi connectivity index (χ1n) is 6.27. The van der Waals surface area contributed by atoms with Crippen molar-refractivity contribution in [3.63, 3.8) is 0 Å². The predicted octanol–water partition coefficient (Wildman–Crippen LogP) is 1.44. The van der Waals surface area contributed by atoms with Gasteiger partial charge in [0.05, 0.1) is 6.54 Å². The predicted molar refractivity (Wildman–Crippen MR) is 73.6 cm³/mol. The molecule has 4 nitrogen and oxygen atoms in total. The molecular weight excluding hydrogens is 226 g/mol. The largest absolute Gasteiger partial charge is 0.361 e. The van der Waals surface area contributed by atoms with Gasteiger partial charge in [-0.1, -0.05) is 18.2 Å². The van der Waals surface area contributed by atoms with Crippen LogP contribution in [0.5, 0.6) is 0 Å². The van der Waals surface area contributed by atoms with E-state index < -0.39 is 0 Å². The molecule has 0 aliphatic carbocycles. The zero-order valence-electron chi connectivity index (χ0n) is 10.6. The Balaban J connectivity index is 1.82. The molecule has 0 radical (unpaired) electrons. The molecule has 1 aromatic heterocycles. The summed E-state index contributed by atoms with van der Waals surface area (Å²) < 4.78 is 0. The van der Waals surface area contributed by atoms with Crippen molar-refractivity contribution < 1.29 is 4.79 Å². The van der Waals surface area contributed by atoms with Crippen LogP contribution in [0.4, 0.5) is 0 Å². The van der Waals surface area contributed by atoms with E-state index in [0.29, 0.717) is 6.54 Å². The van der Waals surface area contributed by atoms with Gasteiger partial charge in [0.25, 0.3) is 0 Å². The first kappa shape index (κ1) is 12.6. The van der Waals surface area contributed by atoms with Crippen LogP contribution < -0.4 is 10.6 Å². The van der Waals surface area contributed by atoms with Crippen LogP contribution in [0.15, 0.2) is 30.5 Å². The number of likely N-dealkylation sites (N-methyl/N-ethyl adjacent to an activating group) is 1. The Kier molecular flexibility index (Phi) is 4.36. The number of rotatable bonds is 6. The van der Waals surface area contributed by atoms with Crippen LogP contribution >= 0.6 is 0 Å². The maximum Gasteiger partial charge on any atom is 0.233 e. The lowest BCUT2D eigenvalue weighted by atomic mass is 10.1. The van der Waals surface area contributed by atoms with Crippen molar-refractivity contribution in [1.82, 2.24) is 15.6 Å². The average molecular weight is 245 g/mol. The third-order valence-electron chi connectivity index (χ3n) is 2.96. The van der Waals surface area contributed by atoms with Crippen LogP contribution in [0.3, 0.4) is 0 Å². The van der Waals surface area contributed by atoms with Crippen LogP contribution in [-0.4, -0.2) is 31.0 Å². The first-order valence-corrected chi connectivity index (χ1v) is 6.27. The van der Waals surface area contributed by atoms with Crippen LogP contribution in [0.1, 0.15) is 12.0 Å². The molecule has 2 rings (SSSR count). The molecule has 0 atom stereocenters. The van der Waals surface area contributed by atoms with Crippen LogP contribution in [0.2, 0.25) is 0 Å². The number of aromatic nitrogens is 1. The second kappa shape index (κ2) is 6.21. The topological polar surface area (TPSA) is 56.9 Å². The number of hydrogen-bond donors (Lipinski definition) is 3. The van der Waals surface area contributed by atoms with E-state index in [4.69, 9.17) is 0 Å². The van der Waals surface area contributed by atoms with Crippen molar-refractivity contribution in [3.8, 4) is 0 Å². The number of para-hydroxylation sites is 1. The maximum absolute atomic E-state index is 11.2. The normalized spacial score (nSPS) is 10.7. The summed E-state index contributed by atoms with van der Waals surface area (Å²) in [6.07, 6.45) is 3.99. The summed E-state index contributed by atoms with van der Waals surface area (Å²) in [7, 11) is 1.77. The van der Waals surface area contributed by atoms with Gasteiger partial charge < -0.3 is 15.6 Å². The molecule has 0 aliphatic rings. The Morgan fingerprint density at radius 1 is 1.33 bits per heavy atom. The summed E-state index contributed by atoms with van der Waals surface area (Å²) in [5.74, 6) is 0.0522. The van der Waals surface area contributed by atoms with Gasteiger partial charge in [0.15, 0.2) is 0 Å². The highest BCUT2D eigenvalue weighted by atomic mass is 16.1. The van der Waals surface area contributed by atoms with E-state index in [1.54, 1.807) is 7.05 Å². The average Bonchev–Trinajstić information content (AvgIpc) is 2.78. The van der Waals surface area contributed by atoms with Crippen molar-refractivity contribution in [2.24, 2.45) is 0 Å². The van der Waals surface area contributed by atoms with Crippen molar-refractivity contribution in [2.45, 2.75) is 12.8 Å². The van der Waals surface area contributed by atoms with Gasteiger partial charge >= 0.3 is 0 Å². The van der Waals surface area contributed by atoms with E-state index in [1.807, 2.05) is 12.1 Å².